The van der Waals surface area contributed by atoms with E-state index in [9.17, 15) is 0 Å². The van der Waals surface area contributed by atoms with Crippen molar-refractivity contribution < 1.29 is 0 Å². The van der Waals surface area contributed by atoms with Gasteiger partial charge in [0, 0.05) is 32.9 Å². The van der Waals surface area contributed by atoms with Crippen LogP contribution in [0.15, 0.2) is 152 Å². The fourth-order valence-electron chi connectivity index (χ4n) is 7.27. The number of hydrogen-bond acceptors (Lipinski definition) is 2. The van der Waals surface area contributed by atoms with Crippen molar-refractivity contribution in [2.75, 3.05) is 0 Å². The summed E-state index contributed by atoms with van der Waals surface area (Å²) in [5.41, 5.74) is 13.7. The normalized spacial score (nSPS) is 13.2. The van der Waals surface area contributed by atoms with Crippen LogP contribution in [0.1, 0.15) is 25.0 Å². The molecule has 9 rings (SSSR count). The minimum absolute atomic E-state index is 0.0788. The van der Waals surface area contributed by atoms with Gasteiger partial charge in [-0.1, -0.05) is 135 Å². The highest BCUT2D eigenvalue weighted by Crippen LogP contribution is 2.47. The van der Waals surface area contributed by atoms with Gasteiger partial charge in [0.05, 0.1) is 28.1 Å². The molecule has 46 heavy (non-hydrogen) atoms. The van der Waals surface area contributed by atoms with Crippen molar-refractivity contribution in [3.63, 3.8) is 0 Å². The second kappa shape index (κ2) is 10.1. The summed E-state index contributed by atoms with van der Waals surface area (Å²) in [5, 5.41) is 2.56. The molecule has 0 atom stereocenters. The van der Waals surface area contributed by atoms with E-state index < -0.39 is 0 Å². The molecule has 218 valence electrons. The summed E-state index contributed by atoms with van der Waals surface area (Å²) in [7, 11) is 0. The van der Waals surface area contributed by atoms with Gasteiger partial charge in [-0.05, 0) is 52.6 Å². The van der Waals surface area contributed by atoms with E-state index in [-0.39, 0.29) is 5.41 Å². The first kappa shape index (κ1) is 26.6. The SMILES string of the molecule is CC1(C)c2ccccc2-n2c3ccc(-c4cccc(-c5nc(-c6ccccc6)cc(-c6ccccc6)n5)c4)cc3c3cccc1c32. The summed E-state index contributed by atoms with van der Waals surface area (Å²) >= 11 is 0. The average molecular weight is 590 g/mol. The van der Waals surface area contributed by atoms with Gasteiger partial charge in [-0.3, -0.25) is 0 Å². The zero-order chi connectivity index (χ0) is 30.8. The number of fused-ring (bicyclic) bond motifs is 5. The quantitative estimate of drug-likeness (QED) is 0.204. The van der Waals surface area contributed by atoms with Gasteiger partial charge in [0.2, 0.25) is 0 Å². The fourth-order valence-corrected chi connectivity index (χ4v) is 7.27. The molecule has 0 unspecified atom stereocenters. The summed E-state index contributed by atoms with van der Waals surface area (Å²) < 4.78 is 2.47. The van der Waals surface area contributed by atoms with Crippen molar-refractivity contribution in [3.05, 3.63) is 163 Å². The Bertz CT molecular complexity index is 2380. The maximum absolute atomic E-state index is 5.08. The highest BCUT2D eigenvalue weighted by Gasteiger charge is 2.34. The van der Waals surface area contributed by atoms with Crippen LogP contribution in [0.4, 0.5) is 0 Å². The fraction of sp³-hybridized carbons (Fsp3) is 0.0698. The first-order chi connectivity index (χ1) is 22.6. The van der Waals surface area contributed by atoms with Crippen LogP contribution in [0.25, 0.3) is 72.5 Å². The van der Waals surface area contributed by atoms with E-state index in [1.54, 1.807) is 0 Å². The molecule has 1 aliphatic rings. The minimum Gasteiger partial charge on any atom is -0.309 e. The smallest absolute Gasteiger partial charge is 0.160 e. The van der Waals surface area contributed by atoms with Crippen molar-refractivity contribution >= 4 is 21.8 Å². The Morgan fingerprint density at radius 1 is 0.457 bits per heavy atom. The van der Waals surface area contributed by atoms with Crippen LogP contribution in [0.3, 0.4) is 0 Å². The predicted octanol–water partition coefficient (Wildman–Crippen LogP) is 10.9. The lowest BCUT2D eigenvalue weighted by molar-refractivity contribution is 0.630. The molecule has 8 aromatic rings. The third-order valence-electron chi connectivity index (χ3n) is 9.60. The standard InChI is InChI=1S/C43H31N3/c1-43(2)35-20-9-10-22-40(35)46-39-24-23-31(26-34(39)33-19-12-21-36(43)41(33)46)30-17-11-18-32(25-30)42-44-37(28-13-5-3-6-14-28)27-38(45-42)29-15-7-4-8-16-29/h3-27H,1-2H3. The van der Waals surface area contributed by atoms with Crippen molar-refractivity contribution in [2.24, 2.45) is 0 Å². The second-order valence-corrected chi connectivity index (χ2v) is 12.7. The van der Waals surface area contributed by atoms with E-state index in [0.29, 0.717) is 5.82 Å². The molecule has 0 radical (unpaired) electrons. The molecule has 0 saturated heterocycles. The van der Waals surface area contributed by atoms with Crippen molar-refractivity contribution in [1.82, 2.24) is 14.5 Å². The van der Waals surface area contributed by atoms with E-state index in [2.05, 4.69) is 158 Å². The molecular formula is C43H31N3. The van der Waals surface area contributed by atoms with E-state index in [1.807, 2.05) is 12.1 Å². The van der Waals surface area contributed by atoms with E-state index in [0.717, 1.165) is 33.6 Å². The van der Waals surface area contributed by atoms with Gasteiger partial charge in [-0.2, -0.15) is 0 Å². The molecule has 0 fully saturated rings. The molecule has 3 nitrogen and oxygen atoms in total. The molecule has 2 aromatic heterocycles. The Morgan fingerprint density at radius 3 is 1.78 bits per heavy atom. The predicted molar refractivity (Wildman–Crippen MR) is 190 cm³/mol. The summed E-state index contributed by atoms with van der Waals surface area (Å²) in [4.78, 5) is 10.2. The Balaban J connectivity index is 1.21. The number of para-hydroxylation sites is 2. The Kier molecular flexibility index (Phi) is 5.85. The van der Waals surface area contributed by atoms with Gasteiger partial charge in [-0.15, -0.1) is 0 Å². The molecule has 6 aromatic carbocycles. The molecule has 0 aliphatic carbocycles. The summed E-state index contributed by atoms with van der Waals surface area (Å²) in [6.45, 7) is 4.69. The largest absolute Gasteiger partial charge is 0.309 e. The maximum Gasteiger partial charge on any atom is 0.160 e. The molecule has 0 amide bonds. The molecule has 1 aliphatic heterocycles. The second-order valence-electron chi connectivity index (χ2n) is 12.7. The number of rotatable bonds is 4. The van der Waals surface area contributed by atoms with Gasteiger partial charge in [0.15, 0.2) is 5.82 Å². The average Bonchev–Trinajstić information content (AvgIpc) is 3.46. The topological polar surface area (TPSA) is 30.7 Å². The van der Waals surface area contributed by atoms with Crippen LogP contribution >= 0.6 is 0 Å². The van der Waals surface area contributed by atoms with Crippen molar-refractivity contribution in [1.29, 1.82) is 0 Å². The first-order valence-electron chi connectivity index (χ1n) is 15.8. The number of nitrogens with zero attached hydrogens (tertiary/aromatic N) is 3. The lowest BCUT2D eigenvalue weighted by Gasteiger charge is -2.34. The zero-order valence-corrected chi connectivity index (χ0v) is 25.8. The minimum atomic E-state index is -0.0788. The third kappa shape index (κ3) is 4.05. The molecular weight excluding hydrogens is 558 g/mol. The number of benzene rings is 6. The molecule has 0 spiro atoms. The van der Waals surface area contributed by atoms with Crippen LogP contribution in [-0.2, 0) is 5.41 Å². The van der Waals surface area contributed by atoms with Crippen molar-refractivity contribution in [3.8, 4) is 50.7 Å². The van der Waals surface area contributed by atoms with Crippen molar-refractivity contribution in [2.45, 2.75) is 19.3 Å². The third-order valence-corrected chi connectivity index (χ3v) is 9.60. The molecule has 0 saturated carbocycles. The summed E-state index contributed by atoms with van der Waals surface area (Å²) in [6, 6.07) is 53.9. The Morgan fingerprint density at radius 2 is 1.04 bits per heavy atom. The summed E-state index contributed by atoms with van der Waals surface area (Å²) in [6.07, 6.45) is 0. The Hall–Kier alpha value is -5.80. The van der Waals surface area contributed by atoms with E-state index in [4.69, 9.17) is 9.97 Å². The molecule has 0 N–H and O–H groups in total. The highest BCUT2D eigenvalue weighted by molar-refractivity contribution is 6.12. The monoisotopic (exact) mass is 589 g/mol. The number of aromatic nitrogens is 3. The Labute approximate surface area is 268 Å². The van der Waals surface area contributed by atoms with Crippen LogP contribution in [0, 0.1) is 0 Å². The zero-order valence-electron chi connectivity index (χ0n) is 25.8. The molecule has 3 heterocycles. The van der Waals surface area contributed by atoms with Crippen LogP contribution in [-0.4, -0.2) is 14.5 Å². The lowest BCUT2D eigenvalue weighted by Crippen LogP contribution is -2.26. The first-order valence-corrected chi connectivity index (χ1v) is 15.8. The summed E-state index contributed by atoms with van der Waals surface area (Å²) in [5.74, 6) is 0.717. The number of hydrogen-bond donors (Lipinski definition) is 0. The maximum atomic E-state index is 5.08. The van der Waals surface area contributed by atoms with Crippen LogP contribution in [0.5, 0.6) is 0 Å². The van der Waals surface area contributed by atoms with E-state index >= 15 is 0 Å². The van der Waals surface area contributed by atoms with Gasteiger partial charge >= 0.3 is 0 Å². The van der Waals surface area contributed by atoms with Gasteiger partial charge < -0.3 is 4.57 Å². The van der Waals surface area contributed by atoms with Gasteiger partial charge in [0.25, 0.3) is 0 Å². The van der Waals surface area contributed by atoms with Crippen LogP contribution < -0.4 is 0 Å². The van der Waals surface area contributed by atoms with Crippen LogP contribution in [0.2, 0.25) is 0 Å². The lowest BCUT2D eigenvalue weighted by atomic mass is 9.75. The van der Waals surface area contributed by atoms with Gasteiger partial charge in [-0.25, -0.2) is 9.97 Å². The molecule has 0 bridgehead atoms. The van der Waals surface area contributed by atoms with E-state index in [1.165, 1.54) is 44.2 Å². The van der Waals surface area contributed by atoms with Gasteiger partial charge in [0.1, 0.15) is 0 Å². The highest BCUT2D eigenvalue weighted by atomic mass is 15.0. The molecule has 3 heteroatoms.